The van der Waals surface area contributed by atoms with Gasteiger partial charge in [0.2, 0.25) is 10.0 Å². The second-order valence-electron chi connectivity index (χ2n) is 3.82. The van der Waals surface area contributed by atoms with Gasteiger partial charge in [-0.3, -0.25) is 4.79 Å². The van der Waals surface area contributed by atoms with Crippen molar-refractivity contribution in [3.05, 3.63) is 35.9 Å². The minimum atomic E-state index is -3.53. The second kappa shape index (κ2) is 5.23. The lowest BCUT2D eigenvalue weighted by molar-refractivity contribution is 0.102. The van der Waals surface area contributed by atoms with Gasteiger partial charge in [0.25, 0.3) is 0 Å². The van der Waals surface area contributed by atoms with Gasteiger partial charge in [0.1, 0.15) is 5.75 Å². The number of carbonyl (C=O) groups excluding carboxylic acids is 1. The summed E-state index contributed by atoms with van der Waals surface area (Å²) in [6.45, 7) is 3.43. The van der Waals surface area contributed by atoms with Crippen LogP contribution in [0.25, 0.3) is 0 Å². The minimum absolute atomic E-state index is 0.200. The molecule has 0 saturated heterocycles. The van der Waals surface area contributed by atoms with Gasteiger partial charge in [0, 0.05) is 11.6 Å². The zero-order valence-electron chi connectivity index (χ0n) is 9.30. The maximum Gasteiger partial charge on any atom is 0.219 e. The Hall–Kier alpha value is -1.20. The fourth-order valence-corrected chi connectivity index (χ4v) is 2.59. The summed E-state index contributed by atoms with van der Waals surface area (Å²) in [4.78, 5) is 11.6. The van der Waals surface area contributed by atoms with E-state index in [2.05, 4.69) is 4.72 Å². The van der Waals surface area contributed by atoms with Crippen LogP contribution in [0.4, 0.5) is 0 Å². The van der Waals surface area contributed by atoms with E-state index >= 15 is 0 Å². The Morgan fingerprint density at radius 2 is 1.81 bits per heavy atom. The number of carbonyl (C=O) groups is 1. The topological polar surface area (TPSA) is 63.2 Å². The molecule has 1 aromatic carbocycles. The van der Waals surface area contributed by atoms with Crippen molar-refractivity contribution in [2.75, 3.05) is 5.75 Å². The van der Waals surface area contributed by atoms with Crippen LogP contribution < -0.4 is 4.72 Å². The van der Waals surface area contributed by atoms with E-state index in [9.17, 15) is 13.2 Å². The van der Waals surface area contributed by atoms with E-state index in [1.54, 1.807) is 44.2 Å². The number of rotatable bonds is 5. The lowest BCUT2D eigenvalue weighted by Crippen LogP contribution is -2.34. The van der Waals surface area contributed by atoms with Crippen LogP contribution in [0.3, 0.4) is 0 Å². The Morgan fingerprint density at radius 1 is 1.25 bits per heavy atom. The summed E-state index contributed by atoms with van der Waals surface area (Å²) in [7, 11) is -3.53. The molecule has 0 atom stereocenters. The van der Waals surface area contributed by atoms with Crippen molar-refractivity contribution in [1.82, 2.24) is 4.72 Å². The van der Waals surface area contributed by atoms with E-state index in [1.807, 2.05) is 0 Å². The van der Waals surface area contributed by atoms with Crippen molar-refractivity contribution in [3.63, 3.8) is 0 Å². The van der Waals surface area contributed by atoms with E-state index in [0.717, 1.165) is 0 Å². The molecule has 0 saturated carbocycles. The van der Waals surface area contributed by atoms with Crippen molar-refractivity contribution in [3.8, 4) is 0 Å². The van der Waals surface area contributed by atoms with Gasteiger partial charge in [0.05, 0.1) is 0 Å². The van der Waals surface area contributed by atoms with Gasteiger partial charge < -0.3 is 0 Å². The summed E-state index contributed by atoms with van der Waals surface area (Å²) in [5.41, 5.74) is 0.414. The highest BCUT2D eigenvalue weighted by atomic mass is 32.2. The van der Waals surface area contributed by atoms with E-state index < -0.39 is 21.6 Å². The summed E-state index contributed by atoms with van der Waals surface area (Å²) in [6, 6.07) is 8.19. The fourth-order valence-electron chi connectivity index (χ4n) is 1.28. The van der Waals surface area contributed by atoms with Gasteiger partial charge in [0.15, 0.2) is 5.78 Å². The van der Waals surface area contributed by atoms with Gasteiger partial charge in [-0.15, -0.1) is 0 Å². The summed E-state index contributed by atoms with van der Waals surface area (Å²) in [5.74, 6) is -0.899. The van der Waals surface area contributed by atoms with Crippen LogP contribution in [0.15, 0.2) is 30.3 Å². The molecule has 0 unspecified atom stereocenters. The summed E-state index contributed by atoms with van der Waals surface area (Å²) in [6.07, 6.45) is 0. The molecule has 4 nitrogen and oxygen atoms in total. The molecule has 0 spiro atoms. The first kappa shape index (κ1) is 12.9. The number of ketones is 1. The highest BCUT2D eigenvalue weighted by molar-refractivity contribution is 7.90. The number of hydrogen-bond acceptors (Lipinski definition) is 3. The van der Waals surface area contributed by atoms with Crippen LogP contribution in [0.1, 0.15) is 24.2 Å². The third-order valence-electron chi connectivity index (χ3n) is 1.83. The Balaban J connectivity index is 2.73. The minimum Gasteiger partial charge on any atom is -0.293 e. The highest BCUT2D eigenvalue weighted by Crippen LogP contribution is 2.02. The van der Waals surface area contributed by atoms with Crippen LogP contribution in [-0.2, 0) is 10.0 Å². The third-order valence-corrected chi connectivity index (χ3v) is 3.30. The van der Waals surface area contributed by atoms with Crippen LogP contribution in [0.5, 0.6) is 0 Å². The average Bonchev–Trinajstić information content (AvgIpc) is 2.16. The molecule has 1 N–H and O–H groups in total. The van der Waals surface area contributed by atoms with Crippen molar-refractivity contribution in [1.29, 1.82) is 0 Å². The zero-order chi connectivity index (χ0) is 12.2. The number of nitrogens with one attached hydrogen (secondary N) is 1. The van der Waals surface area contributed by atoms with Crippen molar-refractivity contribution >= 4 is 15.8 Å². The Labute approximate surface area is 95.7 Å². The van der Waals surface area contributed by atoms with E-state index in [-0.39, 0.29) is 6.04 Å². The quantitative estimate of drug-likeness (QED) is 0.788. The standard InChI is InChI=1S/C11H15NO3S/c1-9(2)12-16(14,15)8-11(13)10-6-4-3-5-7-10/h3-7,9,12H,8H2,1-2H3. The van der Waals surface area contributed by atoms with Crippen LogP contribution >= 0.6 is 0 Å². The van der Waals surface area contributed by atoms with E-state index in [4.69, 9.17) is 0 Å². The first-order valence-corrected chi connectivity index (χ1v) is 6.64. The van der Waals surface area contributed by atoms with E-state index in [1.165, 1.54) is 0 Å². The molecule has 0 amide bonds. The maximum absolute atomic E-state index is 11.6. The molecule has 0 aliphatic heterocycles. The summed E-state index contributed by atoms with van der Waals surface area (Å²) in [5, 5.41) is 0. The second-order valence-corrected chi connectivity index (χ2v) is 5.57. The molecule has 88 valence electrons. The molecule has 0 aromatic heterocycles. The SMILES string of the molecule is CC(C)NS(=O)(=O)CC(=O)c1ccccc1. The monoisotopic (exact) mass is 241 g/mol. The number of Topliss-reactive ketones (excluding diaryl/α,β-unsaturated/α-hetero) is 1. The number of benzene rings is 1. The predicted octanol–water partition coefficient (Wildman–Crippen LogP) is 1.20. The molecule has 16 heavy (non-hydrogen) atoms. The molecular weight excluding hydrogens is 226 g/mol. The van der Waals surface area contributed by atoms with Crippen molar-refractivity contribution in [2.45, 2.75) is 19.9 Å². The maximum atomic E-state index is 11.6. The molecule has 1 aromatic rings. The molecule has 0 fully saturated rings. The summed E-state index contributed by atoms with van der Waals surface area (Å²) < 4.78 is 25.4. The first-order chi connectivity index (χ1) is 7.41. The van der Waals surface area contributed by atoms with Crippen LogP contribution in [0.2, 0.25) is 0 Å². The molecule has 0 radical (unpaired) electrons. The van der Waals surface area contributed by atoms with Crippen LogP contribution in [0, 0.1) is 0 Å². The fraction of sp³-hybridized carbons (Fsp3) is 0.364. The third kappa shape index (κ3) is 4.12. The first-order valence-electron chi connectivity index (χ1n) is 4.99. The number of hydrogen-bond donors (Lipinski definition) is 1. The normalized spacial score (nSPS) is 11.7. The summed E-state index contributed by atoms with van der Waals surface area (Å²) >= 11 is 0. The Bertz CT molecular complexity index is 451. The molecule has 0 aliphatic carbocycles. The largest absolute Gasteiger partial charge is 0.293 e. The molecule has 5 heteroatoms. The van der Waals surface area contributed by atoms with Gasteiger partial charge in [-0.1, -0.05) is 30.3 Å². The van der Waals surface area contributed by atoms with Crippen molar-refractivity contribution in [2.24, 2.45) is 0 Å². The van der Waals surface area contributed by atoms with Gasteiger partial charge in [-0.25, -0.2) is 13.1 Å². The van der Waals surface area contributed by atoms with Crippen molar-refractivity contribution < 1.29 is 13.2 Å². The average molecular weight is 241 g/mol. The molecular formula is C11H15NO3S. The number of sulfonamides is 1. The molecule has 1 rings (SSSR count). The van der Waals surface area contributed by atoms with Gasteiger partial charge in [-0.2, -0.15) is 0 Å². The lowest BCUT2D eigenvalue weighted by Gasteiger charge is -2.08. The zero-order valence-corrected chi connectivity index (χ0v) is 10.1. The predicted molar refractivity (Wildman–Crippen MR) is 62.8 cm³/mol. The molecule has 0 aliphatic rings. The Morgan fingerprint density at radius 3 is 2.31 bits per heavy atom. The smallest absolute Gasteiger partial charge is 0.219 e. The molecule has 0 bridgehead atoms. The van der Waals surface area contributed by atoms with E-state index in [0.29, 0.717) is 5.56 Å². The lowest BCUT2D eigenvalue weighted by atomic mass is 10.2. The Kier molecular flexibility index (Phi) is 4.20. The van der Waals surface area contributed by atoms with Gasteiger partial charge >= 0.3 is 0 Å². The molecule has 0 heterocycles. The highest BCUT2D eigenvalue weighted by Gasteiger charge is 2.18. The van der Waals surface area contributed by atoms with Crippen LogP contribution in [-0.4, -0.2) is 26.0 Å². The van der Waals surface area contributed by atoms with Gasteiger partial charge in [-0.05, 0) is 13.8 Å².